The molecule has 2 atom stereocenters. The Kier molecular flexibility index (Phi) is 6.31. The van der Waals surface area contributed by atoms with E-state index in [9.17, 15) is 0 Å². The van der Waals surface area contributed by atoms with Crippen molar-refractivity contribution < 1.29 is 0 Å². The molecule has 0 heteroatoms. The fourth-order valence-corrected chi connectivity index (χ4v) is 1.33. The molecule has 0 rings (SSSR count). The van der Waals surface area contributed by atoms with Crippen LogP contribution in [0.3, 0.4) is 0 Å². The summed E-state index contributed by atoms with van der Waals surface area (Å²) in [6.45, 7) is 6.32. The molecule has 0 saturated carbocycles. The zero-order chi connectivity index (χ0) is 9.40. The van der Waals surface area contributed by atoms with E-state index in [0.717, 1.165) is 12.8 Å². The first kappa shape index (κ1) is 11.1. The average Bonchev–Trinajstić information content (AvgIpc) is 2.01. The number of terminal acetylenes is 1. The first-order valence-electron chi connectivity index (χ1n) is 4.53. The summed E-state index contributed by atoms with van der Waals surface area (Å²) in [5.41, 5.74) is 0. The Bertz CT molecular complexity index is 196. The normalized spacial score (nSPS) is 13.8. The molecule has 12 heavy (non-hydrogen) atoms. The molecule has 0 aliphatic rings. The zero-order valence-corrected chi connectivity index (χ0v) is 8.35. The molecule has 0 aliphatic heterocycles. The number of hydrogen-bond donors (Lipinski definition) is 0. The second-order valence-corrected chi connectivity index (χ2v) is 3.49. The zero-order valence-electron chi connectivity index (χ0n) is 8.35. The van der Waals surface area contributed by atoms with E-state index < -0.39 is 0 Å². The van der Waals surface area contributed by atoms with Crippen LogP contribution in [-0.4, -0.2) is 0 Å². The monoisotopic (exact) mass is 162 g/mol. The van der Waals surface area contributed by atoms with Crippen LogP contribution in [0.25, 0.3) is 0 Å². The summed E-state index contributed by atoms with van der Waals surface area (Å²) in [6.07, 6.45) is 8.32. The predicted octanol–water partition coefficient (Wildman–Crippen LogP) is 3.09. The third kappa shape index (κ3) is 5.87. The summed E-state index contributed by atoms with van der Waals surface area (Å²) >= 11 is 0. The molecule has 66 valence electrons. The SMILES string of the molecule is C#CCC(C)CC(C)CC#CC. The van der Waals surface area contributed by atoms with Gasteiger partial charge in [0.1, 0.15) is 0 Å². The molecule has 0 aromatic carbocycles. The van der Waals surface area contributed by atoms with Gasteiger partial charge in [0.15, 0.2) is 0 Å². The molecule has 0 saturated heterocycles. The van der Waals surface area contributed by atoms with Crippen LogP contribution in [0.5, 0.6) is 0 Å². The third-order valence-electron chi connectivity index (χ3n) is 1.90. The lowest BCUT2D eigenvalue weighted by atomic mass is 9.93. The lowest BCUT2D eigenvalue weighted by molar-refractivity contribution is 0.427. The van der Waals surface area contributed by atoms with E-state index in [-0.39, 0.29) is 0 Å². The van der Waals surface area contributed by atoms with Gasteiger partial charge in [-0.25, -0.2) is 0 Å². The van der Waals surface area contributed by atoms with Gasteiger partial charge in [-0.1, -0.05) is 13.8 Å². The van der Waals surface area contributed by atoms with E-state index in [0.29, 0.717) is 11.8 Å². The molecule has 2 unspecified atom stereocenters. The fourth-order valence-electron chi connectivity index (χ4n) is 1.33. The van der Waals surface area contributed by atoms with Crippen molar-refractivity contribution in [1.82, 2.24) is 0 Å². The molecule has 0 spiro atoms. The molecule has 0 nitrogen and oxygen atoms in total. The Labute approximate surface area is 76.8 Å². The van der Waals surface area contributed by atoms with Crippen molar-refractivity contribution in [2.75, 3.05) is 0 Å². The maximum atomic E-state index is 5.23. The molecule has 0 radical (unpaired) electrons. The molecule has 0 amide bonds. The lowest BCUT2D eigenvalue weighted by Crippen LogP contribution is -2.01. The predicted molar refractivity (Wildman–Crippen MR) is 54.5 cm³/mol. The molecular weight excluding hydrogens is 144 g/mol. The van der Waals surface area contributed by atoms with Crippen molar-refractivity contribution in [3.8, 4) is 24.2 Å². The Morgan fingerprint density at radius 2 is 1.75 bits per heavy atom. The first-order valence-corrected chi connectivity index (χ1v) is 4.53. The Hall–Kier alpha value is -0.880. The fraction of sp³-hybridized carbons (Fsp3) is 0.667. The maximum absolute atomic E-state index is 5.23. The van der Waals surface area contributed by atoms with Gasteiger partial charge in [-0.15, -0.1) is 24.2 Å². The van der Waals surface area contributed by atoms with Crippen molar-refractivity contribution in [3.63, 3.8) is 0 Å². The summed E-state index contributed by atoms with van der Waals surface area (Å²) in [6, 6.07) is 0. The van der Waals surface area contributed by atoms with Gasteiger partial charge in [0.25, 0.3) is 0 Å². The van der Waals surface area contributed by atoms with Crippen LogP contribution in [0.15, 0.2) is 0 Å². The Morgan fingerprint density at radius 1 is 1.17 bits per heavy atom. The summed E-state index contributed by atoms with van der Waals surface area (Å²) in [5, 5.41) is 0. The topological polar surface area (TPSA) is 0 Å². The van der Waals surface area contributed by atoms with E-state index >= 15 is 0 Å². The minimum atomic E-state index is 0.642. The standard InChI is InChI=1S/C12H18/c1-5-7-9-12(4)10-11(3)8-6-2/h2,11-12H,8-10H2,1,3-4H3. The maximum Gasteiger partial charge on any atom is 0.0114 e. The van der Waals surface area contributed by atoms with Crippen LogP contribution < -0.4 is 0 Å². The van der Waals surface area contributed by atoms with Gasteiger partial charge in [0.2, 0.25) is 0 Å². The summed E-state index contributed by atoms with van der Waals surface area (Å²) in [5.74, 6) is 10.0. The lowest BCUT2D eigenvalue weighted by Gasteiger charge is -2.12. The second kappa shape index (κ2) is 6.81. The molecule has 0 fully saturated rings. The molecule has 0 aromatic rings. The van der Waals surface area contributed by atoms with Crippen molar-refractivity contribution in [2.24, 2.45) is 11.8 Å². The van der Waals surface area contributed by atoms with Crippen molar-refractivity contribution in [1.29, 1.82) is 0 Å². The van der Waals surface area contributed by atoms with E-state index in [4.69, 9.17) is 6.42 Å². The Balaban J connectivity index is 3.59. The van der Waals surface area contributed by atoms with Crippen LogP contribution in [-0.2, 0) is 0 Å². The van der Waals surface area contributed by atoms with Gasteiger partial charge in [-0.05, 0) is 25.2 Å². The number of rotatable bonds is 4. The largest absolute Gasteiger partial charge is 0.120 e. The van der Waals surface area contributed by atoms with E-state index in [1.807, 2.05) is 6.92 Å². The van der Waals surface area contributed by atoms with Crippen molar-refractivity contribution in [2.45, 2.75) is 40.0 Å². The highest BCUT2D eigenvalue weighted by molar-refractivity contribution is 4.96. The van der Waals surface area contributed by atoms with Crippen LogP contribution in [0, 0.1) is 36.0 Å². The summed E-state index contributed by atoms with van der Waals surface area (Å²) < 4.78 is 0. The highest BCUT2D eigenvalue weighted by Crippen LogP contribution is 2.16. The summed E-state index contributed by atoms with van der Waals surface area (Å²) in [7, 11) is 0. The van der Waals surface area contributed by atoms with Crippen molar-refractivity contribution >= 4 is 0 Å². The molecule has 0 aromatic heterocycles. The quantitative estimate of drug-likeness (QED) is 0.557. The number of hydrogen-bond acceptors (Lipinski definition) is 0. The first-order chi connectivity index (χ1) is 5.70. The van der Waals surface area contributed by atoms with Crippen LogP contribution >= 0.6 is 0 Å². The van der Waals surface area contributed by atoms with Gasteiger partial charge < -0.3 is 0 Å². The average molecular weight is 162 g/mol. The highest BCUT2D eigenvalue weighted by Gasteiger charge is 2.05. The van der Waals surface area contributed by atoms with Crippen LogP contribution in [0.2, 0.25) is 0 Å². The van der Waals surface area contributed by atoms with Gasteiger partial charge in [-0.3, -0.25) is 0 Å². The van der Waals surface area contributed by atoms with Crippen LogP contribution in [0.4, 0.5) is 0 Å². The van der Waals surface area contributed by atoms with Gasteiger partial charge in [0, 0.05) is 12.8 Å². The van der Waals surface area contributed by atoms with Gasteiger partial charge >= 0.3 is 0 Å². The van der Waals surface area contributed by atoms with E-state index in [1.165, 1.54) is 6.42 Å². The molecule has 0 bridgehead atoms. The molecule has 0 heterocycles. The smallest absolute Gasteiger partial charge is 0.0114 e. The Morgan fingerprint density at radius 3 is 2.25 bits per heavy atom. The highest BCUT2D eigenvalue weighted by atomic mass is 14.1. The molecule has 0 N–H and O–H groups in total. The minimum Gasteiger partial charge on any atom is -0.120 e. The molecule has 0 aliphatic carbocycles. The second-order valence-electron chi connectivity index (χ2n) is 3.49. The van der Waals surface area contributed by atoms with Gasteiger partial charge in [0.05, 0.1) is 0 Å². The van der Waals surface area contributed by atoms with E-state index in [2.05, 4.69) is 31.6 Å². The molecular formula is C12H18. The minimum absolute atomic E-state index is 0.642. The van der Waals surface area contributed by atoms with Crippen LogP contribution in [0.1, 0.15) is 40.0 Å². The third-order valence-corrected chi connectivity index (χ3v) is 1.90. The van der Waals surface area contributed by atoms with E-state index in [1.54, 1.807) is 0 Å². The van der Waals surface area contributed by atoms with Crippen molar-refractivity contribution in [3.05, 3.63) is 0 Å². The van der Waals surface area contributed by atoms with Gasteiger partial charge in [-0.2, -0.15) is 0 Å². The summed E-state index contributed by atoms with van der Waals surface area (Å²) in [4.78, 5) is 0.